The second-order valence-corrected chi connectivity index (χ2v) is 9.64. The summed E-state index contributed by atoms with van der Waals surface area (Å²) < 4.78 is 11.2. The average molecular weight is 446 g/mol. The summed E-state index contributed by atoms with van der Waals surface area (Å²) in [6.45, 7) is 8.04. The van der Waals surface area contributed by atoms with Crippen molar-refractivity contribution in [2.24, 2.45) is 0 Å². The predicted molar refractivity (Wildman–Crippen MR) is 122 cm³/mol. The SMILES string of the molecule is CSCC[C@@H](NC(=O)Cc1c(C)c2cc3c(C(C)(C)C)coc3cc2oc1=O)C(=O)O. The Labute approximate surface area is 184 Å². The van der Waals surface area contributed by atoms with Crippen LogP contribution in [0.2, 0.25) is 0 Å². The van der Waals surface area contributed by atoms with Crippen molar-refractivity contribution in [3.05, 3.63) is 45.5 Å². The maximum absolute atomic E-state index is 12.6. The van der Waals surface area contributed by atoms with Crippen LogP contribution in [0.5, 0.6) is 0 Å². The van der Waals surface area contributed by atoms with Gasteiger partial charge in [-0.2, -0.15) is 11.8 Å². The fourth-order valence-corrected chi connectivity index (χ4v) is 4.07. The number of carbonyl (C=O) groups is 2. The van der Waals surface area contributed by atoms with Gasteiger partial charge in [-0.25, -0.2) is 9.59 Å². The molecule has 2 N–H and O–H groups in total. The lowest BCUT2D eigenvalue weighted by atomic mass is 9.86. The Kier molecular flexibility index (Phi) is 6.50. The molecule has 0 saturated carbocycles. The van der Waals surface area contributed by atoms with Gasteiger partial charge in [0.05, 0.1) is 18.2 Å². The highest BCUT2D eigenvalue weighted by Gasteiger charge is 2.24. The highest BCUT2D eigenvalue weighted by Crippen LogP contribution is 2.35. The molecular formula is C23H27NO6S. The maximum Gasteiger partial charge on any atom is 0.340 e. The van der Waals surface area contributed by atoms with Gasteiger partial charge >= 0.3 is 11.6 Å². The van der Waals surface area contributed by atoms with Gasteiger partial charge in [-0.1, -0.05) is 20.8 Å². The number of carboxylic acid groups (broad SMARTS) is 1. The molecule has 2 heterocycles. The van der Waals surface area contributed by atoms with E-state index in [0.29, 0.717) is 28.9 Å². The first-order chi connectivity index (χ1) is 14.5. The summed E-state index contributed by atoms with van der Waals surface area (Å²) in [7, 11) is 0. The molecule has 31 heavy (non-hydrogen) atoms. The molecule has 0 bridgehead atoms. The summed E-state index contributed by atoms with van der Waals surface area (Å²) in [4.78, 5) is 36.5. The van der Waals surface area contributed by atoms with Gasteiger partial charge in [0.1, 0.15) is 17.2 Å². The molecule has 2 aromatic heterocycles. The summed E-state index contributed by atoms with van der Waals surface area (Å²) in [5, 5.41) is 13.5. The van der Waals surface area contributed by atoms with Gasteiger partial charge in [-0.15, -0.1) is 0 Å². The van der Waals surface area contributed by atoms with Gasteiger partial charge in [0.25, 0.3) is 0 Å². The van der Waals surface area contributed by atoms with E-state index in [1.165, 1.54) is 11.8 Å². The number of carbonyl (C=O) groups excluding carboxylic acids is 1. The van der Waals surface area contributed by atoms with Crippen LogP contribution in [0, 0.1) is 6.92 Å². The van der Waals surface area contributed by atoms with Gasteiger partial charge in [0, 0.05) is 22.4 Å². The highest BCUT2D eigenvalue weighted by molar-refractivity contribution is 7.98. The predicted octanol–water partition coefficient (Wildman–Crippen LogP) is 4.01. The monoisotopic (exact) mass is 445 g/mol. The van der Waals surface area contributed by atoms with E-state index in [1.54, 1.807) is 19.3 Å². The van der Waals surface area contributed by atoms with Crippen molar-refractivity contribution >= 4 is 45.6 Å². The van der Waals surface area contributed by atoms with E-state index in [1.807, 2.05) is 12.3 Å². The number of rotatable bonds is 7. The first kappa shape index (κ1) is 22.9. The Balaban J connectivity index is 1.99. The fraction of sp³-hybridized carbons (Fsp3) is 0.435. The number of fused-ring (bicyclic) bond motifs is 2. The van der Waals surface area contributed by atoms with E-state index >= 15 is 0 Å². The van der Waals surface area contributed by atoms with Gasteiger partial charge in [-0.3, -0.25) is 4.79 Å². The number of nitrogens with one attached hydrogen (secondary N) is 1. The smallest absolute Gasteiger partial charge is 0.340 e. The van der Waals surface area contributed by atoms with Gasteiger partial charge in [0.15, 0.2) is 0 Å². The van der Waals surface area contributed by atoms with Gasteiger partial charge in [0.2, 0.25) is 5.91 Å². The zero-order valence-corrected chi connectivity index (χ0v) is 19.1. The summed E-state index contributed by atoms with van der Waals surface area (Å²) >= 11 is 1.50. The van der Waals surface area contributed by atoms with Crippen LogP contribution in [0.1, 0.15) is 43.9 Å². The van der Waals surface area contributed by atoms with Crippen LogP contribution in [-0.4, -0.2) is 35.0 Å². The number of aliphatic carboxylic acids is 1. The molecule has 0 spiro atoms. The summed E-state index contributed by atoms with van der Waals surface area (Å²) in [6, 6.07) is 2.63. The van der Waals surface area contributed by atoms with Crippen LogP contribution >= 0.6 is 11.8 Å². The van der Waals surface area contributed by atoms with Gasteiger partial charge in [-0.05, 0) is 42.4 Å². The van der Waals surface area contributed by atoms with Crippen molar-refractivity contribution in [2.75, 3.05) is 12.0 Å². The van der Waals surface area contributed by atoms with Crippen molar-refractivity contribution in [2.45, 2.75) is 52.0 Å². The minimum absolute atomic E-state index is 0.131. The fourth-order valence-electron chi connectivity index (χ4n) is 3.59. The van der Waals surface area contributed by atoms with Crippen molar-refractivity contribution in [3.63, 3.8) is 0 Å². The van der Waals surface area contributed by atoms with Crippen LogP contribution in [0.3, 0.4) is 0 Å². The Hall–Kier alpha value is -2.74. The van der Waals surface area contributed by atoms with Crippen molar-refractivity contribution in [1.29, 1.82) is 0 Å². The molecule has 3 rings (SSSR count). The molecule has 1 aromatic carbocycles. The van der Waals surface area contributed by atoms with E-state index in [9.17, 15) is 19.5 Å². The largest absolute Gasteiger partial charge is 0.480 e. The van der Waals surface area contributed by atoms with Crippen LogP contribution in [0.4, 0.5) is 0 Å². The minimum atomic E-state index is -1.10. The quantitative estimate of drug-likeness (QED) is 0.529. The number of benzene rings is 1. The van der Waals surface area contributed by atoms with Crippen molar-refractivity contribution in [1.82, 2.24) is 5.32 Å². The van der Waals surface area contributed by atoms with Crippen LogP contribution in [0.25, 0.3) is 21.9 Å². The number of amides is 1. The van der Waals surface area contributed by atoms with Crippen LogP contribution in [0.15, 0.2) is 32.0 Å². The molecule has 0 saturated heterocycles. The molecule has 0 aliphatic heterocycles. The molecule has 0 aliphatic rings. The molecule has 7 nitrogen and oxygen atoms in total. The standard InChI is InChI=1S/C23H27NO6S/c1-12-13-8-15-16(23(2,3)4)11-29-18(15)10-19(13)30-22(28)14(12)9-20(25)24-17(21(26)27)6-7-31-5/h8,10-11,17H,6-7,9H2,1-5H3,(H,24,25)(H,26,27)/t17-/m1/s1. The molecule has 166 valence electrons. The lowest BCUT2D eigenvalue weighted by Crippen LogP contribution is -2.42. The molecule has 0 aliphatic carbocycles. The first-order valence-corrected chi connectivity index (χ1v) is 11.4. The number of carboxylic acids is 1. The zero-order valence-electron chi connectivity index (χ0n) is 18.3. The number of aryl methyl sites for hydroxylation is 1. The van der Waals surface area contributed by atoms with Crippen molar-refractivity contribution in [3.8, 4) is 0 Å². The lowest BCUT2D eigenvalue weighted by molar-refractivity contribution is -0.141. The van der Waals surface area contributed by atoms with E-state index < -0.39 is 23.5 Å². The lowest BCUT2D eigenvalue weighted by Gasteiger charge is -2.17. The highest BCUT2D eigenvalue weighted by atomic mass is 32.2. The molecule has 0 radical (unpaired) electrons. The third-order valence-electron chi connectivity index (χ3n) is 5.37. The second kappa shape index (κ2) is 8.78. The molecule has 1 atom stereocenters. The van der Waals surface area contributed by atoms with E-state index in [2.05, 4.69) is 26.1 Å². The van der Waals surface area contributed by atoms with E-state index in [-0.39, 0.29) is 17.4 Å². The van der Waals surface area contributed by atoms with Crippen LogP contribution < -0.4 is 10.9 Å². The Morgan fingerprint density at radius 2 is 1.90 bits per heavy atom. The first-order valence-electron chi connectivity index (χ1n) is 10.0. The molecular weight excluding hydrogens is 418 g/mol. The number of hydrogen-bond donors (Lipinski definition) is 2. The second-order valence-electron chi connectivity index (χ2n) is 8.65. The van der Waals surface area contributed by atoms with E-state index in [0.717, 1.165) is 16.3 Å². The maximum atomic E-state index is 12.6. The third-order valence-corrected chi connectivity index (χ3v) is 6.01. The van der Waals surface area contributed by atoms with Crippen LogP contribution in [-0.2, 0) is 21.4 Å². The number of hydrogen-bond acceptors (Lipinski definition) is 6. The molecule has 0 unspecified atom stereocenters. The molecule has 0 fully saturated rings. The normalized spacial score (nSPS) is 12.9. The number of thioether (sulfide) groups is 1. The molecule has 8 heteroatoms. The number of furan rings is 1. The third kappa shape index (κ3) is 4.79. The van der Waals surface area contributed by atoms with Gasteiger partial charge < -0.3 is 19.3 Å². The summed E-state index contributed by atoms with van der Waals surface area (Å²) in [6.07, 6.45) is 3.64. The van der Waals surface area contributed by atoms with E-state index in [4.69, 9.17) is 8.83 Å². The Morgan fingerprint density at radius 1 is 1.19 bits per heavy atom. The summed E-state index contributed by atoms with van der Waals surface area (Å²) in [5.74, 6) is -1.02. The molecule has 3 aromatic rings. The average Bonchev–Trinajstić information content (AvgIpc) is 3.10. The molecule has 1 amide bonds. The van der Waals surface area contributed by atoms with Crippen molar-refractivity contribution < 1.29 is 23.5 Å². The Bertz CT molecular complexity index is 1200. The summed E-state index contributed by atoms with van der Waals surface area (Å²) in [5.41, 5.74) is 2.17. The zero-order chi connectivity index (χ0) is 22.9. The Morgan fingerprint density at radius 3 is 2.52 bits per heavy atom. The minimum Gasteiger partial charge on any atom is -0.480 e. The topological polar surface area (TPSA) is 110 Å².